The highest BCUT2D eigenvalue weighted by molar-refractivity contribution is 5.75. The number of ether oxygens (including phenoxy) is 2. The number of carbonyl (C=O) groups excluding carboxylic acids is 2. The molecule has 0 fully saturated rings. The van der Waals surface area contributed by atoms with Gasteiger partial charge < -0.3 is 14.8 Å². The SMILES string of the molecule is COC(=O)[C@@H]1CC=CCC1NC(=O)OCc1ccccc1. The molecule has 0 heterocycles. The Bertz CT molecular complexity index is 512. The van der Waals surface area contributed by atoms with E-state index in [1.165, 1.54) is 7.11 Å². The summed E-state index contributed by atoms with van der Waals surface area (Å²) in [5.41, 5.74) is 0.917. The summed E-state index contributed by atoms with van der Waals surface area (Å²) in [6, 6.07) is 9.15. The Morgan fingerprint density at radius 2 is 1.90 bits per heavy atom. The maximum Gasteiger partial charge on any atom is 0.407 e. The number of allylic oxidation sites excluding steroid dienone is 1. The van der Waals surface area contributed by atoms with E-state index in [2.05, 4.69) is 5.32 Å². The molecule has 0 radical (unpaired) electrons. The van der Waals surface area contributed by atoms with Gasteiger partial charge in [-0.05, 0) is 18.4 Å². The van der Waals surface area contributed by atoms with E-state index in [9.17, 15) is 9.59 Å². The molecule has 1 aliphatic carbocycles. The smallest absolute Gasteiger partial charge is 0.407 e. The summed E-state index contributed by atoms with van der Waals surface area (Å²) in [5.74, 6) is -0.669. The summed E-state index contributed by atoms with van der Waals surface area (Å²) in [6.07, 6.45) is 4.51. The first-order valence-electron chi connectivity index (χ1n) is 6.90. The minimum atomic E-state index is -0.520. The number of amides is 1. The van der Waals surface area contributed by atoms with Crippen LogP contribution in [0, 0.1) is 5.92 Å². The van der Waals surface area contributed by atoms with Crippen LogP contribution in [0.4, 0.5) is 4.79 Å². The van der Waals surface area contributed by atoms with Gasteiger partial charge in [0.2, 0.25) is 0 Å². The van der Waals surface area contributed by atoms with E-state index in [-0.39, 0.29) is 24.5 Å². The van der Waals surface area contributed by atoms with Gasteiger partial charge in [-0.2, -0.15) is 0 Å². The van der Waals surface area contributed by atoms with Crippen molar-refractivity contribution in [1.82, 2.24) is 5.32 Å². The maximum atomic E-state index is 11.8. The summed E-state index contributed by atoms with van der Waals surface area (Å²) < 4.78 is 9.93. The number of methoxy groups -OCH3 is 1. The van der Waals surface area contributed by atoms with Crippen LogP contribution in [0.3, 0.4) is 0 Å². The zero-order valence-corrected chi connectivity index (χ0v) is 12.0. The molecule has 5 heteroatoms. The first-order chi connectivity index (χ1) is 10.2. The van der Waals surface area contributed by atoms with Crippen LogP contribution < -0.4 is 5.32 Å². The van der Waals surface area contributed by atoms with Crippen LogP contribution >= 0.6 is 0 Å². The predicted octanol–water partition coefficient (Wildman–Crippen LogP) is 2.42. The normalized spacial score (nSPS) is 20.6. The van der Waals surface area contributed by atoms with Crippen molar-refractivity contribution in [3.63, 3.8) is 0 Å². The molecular formula is C16H19NO4. The second-order valence-electron chi connectivity index (χ2n) is 4.89. The standard InChI is InChI=1S/C16H19NO4/c1-20-15(18)13-9-5-6-10-14(13)17-16(19)21-11-12-7-3-2-4-8-12/h2-8,13-14H,9-11H2,1H3,(H,17,19)/t13-,14?/m1/s1. The Balaban J connectivity index is 1.86. The Morgan fingerprint density at radius 3 is 2.62 bits per heavy atom. The maximum absolute atomic E-state index is 11.8. The number of benzene rings is 1. The van der Waals surface area contributed by atoms with Gasteiger partial charge in [0, 0.05) is 6.04 Å². The van der Waals surface area contributed by atoms with Gasteiger partial charge in [0.1, 0.15) is 6.61 Å². The molecule has 112 valence electrons. The highest BCUT2D eigenvalue weighted by atomic mass is 16.5. The molecule has 2 atom stereocenters. The van der Waals surface area contributed by atoms with Crippen LogP contribution in [0.5, 0.6) is 0 Å². The Hall–Kier alpha value is -2.30. The van der Waals surface area contributed by atoms with Crippen molar-refractivity contribution in [1.29, 1.82) is 0 Å². The van der Waals surface area contributed by atoms with Crippen molar-refractivity contribution in [2.24, 2.45) is 5.92 Å². The molecule has 0 aromatic heterocycles. The highest BCUT2D eigenvalue weighted by Gasteiger charge is 2.31. The van der Waals surface area contributed by atoms with Crippen LogP contribution in [0.15, 0.2) is 42.5 Å². The summed E-state index contributed by atoms with van der Waals surface area (Å²) >= 11 is 0. The molecule has 0 saturated heterocycles. The zero-order chi connectivity index (χ0) is 15.1. The molecule has 0 bridgehead atoms. The molecule has 1 aromatic carbocycles. The van der Waals surface area contributed by atoms with Gasteiger partial charge in [0.05, 0.1) is 13.0 Å². The van der Waals surface area contributed by atoms with Crippen molar-refractivity contribution in [3.8, 4) is 0 Å². The third kappa shape index (κ3) is 4.34. The van der Waals surface area contributed by atoms with E-state index < -0.39 is 6.09 Å². The van der Waals surface area contributed by atoms with Crippen molar-refractivity contribution in [2.45, 2.75) is 25.5 Å². The van der Waals surface area contributed by atoms with Crippen LogP contribution in [-0.4, -0.2) is 25.2 Å². The lowest BCUT2D eigenvalue weighted by molar-refractivity contribution is -0.146. The van der Waals surface area contributed by atoms with Crippen molar-refractivity contribution in [3.05, 3.63) is 48.0 Å². The average molecular weight is 289 g/mol. The first-order valence-corrected chi connectivity index (χ1v) is 6.90. The number of alkyl carbamates (subject to hydrolysis) is 1. The summed E-state index contributed by atoms with van der Waals surface area (Å²) in [7, 11) is 1.35. The van der Waals surface area contributed by atoms with Gasteiger partial charge >= 0.3 is 12.1 Å². The molecule has 1 aliphatic rings. The number of esters is 1. The fraction of sp³-hybridized carbons (Fsp3) is 0.375. The summed E-state index contributed by atoms with van der Waals surface area (Å²) in [4.78, 5) is 23.5. The molecule has 5 nitrogen and oxygen atoms in total. The van der Waals surface area contributed by atoms with Crippen molar-refractivity contribution in [2.75, 3.05) is 7.11 Å². The second-order valence-corrected chi connectivity index (χ2v) is 4.89. The molecule has 21 heavy (non-hydrogen) atoms. The van der Waals surface area contributed by atoms with Crippen LogP contribution in [0.25, 0.3) is 0 Å². The monoisotopic (exact) mass is 289 g/mol. The van der Waals surface area contributed by atoms with Crippen molar-refractivity contribution < 1.29 is 19.1 Å². The van der Waals surface area contributed by atoms with Crippen molar-refractivity contribution >= 4 is 12.1 Å². The highest BCUT2D eigenvalue weighted by Crippen LogP contribution is 2.20. The van der Waals surface area contributed by atoms with Crippen LogP contribution in [0.1, 0.15) is 18.4 Å². The summed E-state index contributed by atoms with van der Waals surface area (Å²) in [6.45, 7) is 0.206. The average Bonchev–Trinajstić information content (AvgIpc) is 2.54. The fourth-order valence-corrected chi connectivity index (χ4v) is 2.30. The predicted molar refractivity (Wildman–Crippen MR) is 77.4 cm³/mol. The van der Waals surface area contributed by atoms with Gasteiger partial charge in [0.15, 0.2) is 0 Å². The molecule has 1 unspecified atom stereocenters. The molecule has 1 aromatic rings. The molecule has 1 amide bonds. The molecule has 0 spiro atoms. The molecule has 0 saturated carbocycles. The summed E-state index contributed by atoms with van der Waals surface area (Å²) in [5, 5.41) is 2.74. The minimum Gasteiger partial charge on any atom is -0.469 e. The lowest BCUT2D eigenvalue weighted by Crippen LogP contribution is -2.44. The van der Waals surface area contributed by atoms with E-state index in [1.807, 2.05) is 42.5 Å². The number of hydrogen-bond acceptors (Lipinski definition) is 4. The topological polar surface area (TPSA) is 64.6 Å². The van der Waals surface area contributed by atoms with E-state index in [1.54, 1.807) is 0 Å². The van der Waals surface area contributed by atoms with Gasteiger partial charge in [-0.1, -0.05) is 42.5 Å². The fourth-order valence-electron chi connectivity index (χ4n) is 2.30. The minimum absolute atomic E-state index is 0.206. The second kappa shape index (κ2) is 7.47. The lowest BCUT2D eigenvalue weighted by atomic mass is 9.89. The van der Waals surface area contributed by atoms with E-state index in [4.69, 9.17) is 9.47 Å². The van der Waals surface area contributed by atoms with Crippen LogP contribution in [-0.2, 0) is 20.9 Å². The third-order valence-corrected chi connectivity index (χ3v) is 3.45. The number of nitrogens with one attached hydrogen (secondary N) is 1. The quantitative estimate of drug-likeness (QED) is 0.683. The number of rotatable bonds is 4. The van der Waals surface area contributed by atoms with Gasteiger partial charge in [-0.3, -0.25) is 4.79 Å². The Morgan fingerprint density at radius 1 is 1.19 bits per heavy atom. The Labute approximate surface area is 123 Å². The van der Waals surface area contributed by atoms with E-state index in [0.717, 1.165) is 5.56 Å². The van der Waals surface area contributed by atoms with Crippen LogP contribution in [0.2, 0.25) is 0 Å². The molecular weight excluding hydrogens is 270 g/mol. The molecule has 1 N–H and O–H groups in total. The lowest BCUT2D eigenvalue weighted by Gasteiger charge is -2.26. The van der Waals surface area contributed by atoms with E-state index >= 15 is 0 Å². The molecule has 0 aliphatic heterocycles. The Kier molecular flexibility index (Phi) is 5.37. The first kappa shape index (κ1) is 15.1. The number of hydrogen-bond donors (Lipinski definition) is 1. The third-order valence-electron chi connectivity index (χ3n) is 3.45. The zero-order valence-electron chi connectivity index (χ0n) is 12.0. The van der Waals surface area contributed by atoms with Gasteiger partial charge in [-0.15, -0.1) is 0 Å². The van der Waals surface area contributed by atoms with Gasteiger partial charge in [-0.25, -0.2) is 4.79 Å². The largest absolute Gasteiger partial charge is 0.469 e. The number of carbonyl (C=O) groups is 2. The molecule has 2 rings (SSSR count). The van der Waals surface area contributed by atoms with E-state index in [0.29, 0.717) is 12.8 Å². The van der Waals surface area contributed by atoms with Gasteiger partial charge in [0.25, 0.3) is 0 Å².